The Morgan fingerprint density at radius 2 is 2.16 bits per heavy atom. The molecule has 0 aliphatic heterocycles. The van der Waals surface area contributed by atoms with E-state index in [1.807, 2.05) is 0 Å². The van der Waals surface area contributed by atoms with Gasteiger partial charge in [-0.15, -0.1) is 10.2 Å². The van der Waals surface area contributed by atoms with Gasteiger partial charge in [0.25, 0.3) is 0 Å². The first kappa shape index (κ1) is 14.6. The van der Waals surface area contributed by atoms with E-state index in [1.54, 1.807) is 12.1 Å². The van der Waals surface area contributed by atoms with Gasteiger partial charge in [-0.3, -0.25) is 0 Å². The number of nitrogens with zero attached hydrogens (tertiary/aromatic N) is 2. The number of benzene rings is 1. The molecule has 1 aromatic heterocycles. The maximum absolute atomic E-state index is 13.9. The van der Waals surface area contributed by atoms with Gasteiger partial charge in [-0.2, -0.15) is 0 Å². The van der Waals surface area contributed by atoms with Crippen LogP contribution in [0.1, 0.15) is 31.3 Å². The molecule has 2 rings (SSSR count). The van der Waals surface area contributed by atoms with Crippen molar-refractivity contribution in [3.05, 3.63) is 33.5 Å². The summed E-state index contributed by atoms with van der Waals surface area (Å²) >= 11 is 4.68. The van der Waals surface area contributed by atoms with Gasteiger partial charge < -0.3 is 5.32 Å². The minimum Gasteiger partial charge on any atom is -0.308 e. The highest BCUT2D eigenvalue weighted by molar-refractivity contribution is 9.10. The molecule has 0 saturated carbocycles. The van der Waals surface area contributed by atoms with Gasteiger partial charge in [-0.25, -0.2) is 4.39 Å². The predicted molar refractivity (Wildman–Crippen MR) is 79.7 cm³/mol. The Hall–Kier alpha value is -0.850. The summed E-state index contributed by atoms with van der Waals surface area (Å²) in [4.78, 5) is 0. The number of hydrogen-bond acceptors (Lipinski definition) is 4. The average Bonchev–Trinajstić information content (AvgIpc) is 2.85. The quantitative estimate of drug-likeness (QED) is 0.885. The van der Waals surface area contributed by atoms with E-state index in [1.165, 1.54) is 17.4 Å². The Morgan fingerprint density at radius 3 is 2.79 bits per heavy atom. The molecule has 102 valence electrons. The van der Waals surface area contributed by atoms with Crippen LogP contribution in [0.3, 0.4) is 0 Å². The lowest BCUT2D eigenvalue weighted by molar-refractivity contribution is 0.531. The zero-order valence-electron chi connectivity index (χ0n) is 10.8. The normalized spacial score (nSPS) is 12.6. The summed E-state index contributed by atoms with van der Waals surface area (Å²) in [5, 5.41) is 13.1. The van der Waals surface area contributed by atoms with Crippen LogP contribution in [0.5, 0.6) is 0 Å². The van der Waals surface area contributed by atoms with Gasteiger partial charge in [0.05, 0.1) is 6.04 Å². The van der Waals surface area contributed by atoms with Gasteiger partial charge >= 0.3 is 0 Å². The molecule has 0 amide bonds. The van der Waals surface area contributed by atoms with Crippen LogP contribution in [0.2, 0.25) is 0 Å². The fraction of sp³-hybridized carbons (Fsp3) is 0.385. The molecule has 2 aromatic rings. The Kier molecular flexibility index (Phi) is 5.01. The molecule has 1 heterocycles. The standard InChI is InChI=1S/C13H15BrFN3S/c1-3-11(16-4-2)13-18-17-12(19-13)9-6-5-8(14)7-10(9)15/h5-7,11,16H,3-4H2,1-2H3. The summed E-state index contributed by atoms with van der Waals surface area (Å²) in [5.74, 6) is -0.284. The van der Waals surface area contributed by atoms with Gasteiger partial charge in [0.2, 0.25) is 0 Å². The lowest BCUT2D eigenvalue weighted by Gasteiger charge is -2.10. The first-order valence-electron chi connectivity index (χ1n) is 6.17. The molecule has 1 N–H and O–H groups in total. The van der Waals surface area contributed by atoms with Crippen molar-refractivity contribution >= 4 is 27.3 Å². The third-order valence-corrected chi connectivity index (χ3v) is 4.32. The van der Waals surface area contributed by atoms with Crippen LogP contribution in [0.25, 0.3) is 10.6 Å². The molecule has 0 radical (unpaired) electrons. The van der Waals surface area contributed by atoms with Crippen molar-refractivity contribution in [2.75, 3.05) is 6.54 Å². The molecule has 1 aromatic carbocycles. The predicted octanol–water partition coefficient (Wildman–Crippen LogP) is 4.17. The Balaban J connectivity index is 2.29. The van der Waals surface area contributed by atoms with Crippen molar-refractivity contribution in [2.24, 2.45) is 0 Å². The van der Waals surface area contributed by atoms with Crippen LogP contribution >= 0.6 is 27.3 Å². The molecule has 0 bridgehead atoms. The molecular weight excluding hydrogens is 329 g/mol. The molecule has 0 aliphatic carbocycles. The molecular formula is C13H15BrFN3S. The zero-order chi connectivity index (χ0) is 13.8. The van der Waals surface area contributed by atoms with E-state index in [0.29, 0.717) is 10.6 Å². The lowest BCUT2D eigenvalue weighted by atomic mass is 10.2. The number of rotatable bonds is 5. The van der Waals surface area contributed by atoms with Crippen molar-refractivity contribution in [3.63, 3.8) is 0 Å². The van der Waals surface area contributed by atoms with Crippen LogP contribution in [0.15, 0.2) is 22.7 Å². The molecule has 3 nitrogen and oxygen atoms in total. The van der Waals surface area contributed by atoms with E-state index in [9.17, 15) is 4.39 Å². The summed E-state index contributed by atoms with van der Waals surface area (Å²) < 4.78 is 14.6. The van der Waals surface area contributed by atoms with E-state index in [-0.39, 0.29) is 11.9 Å². The minimum absolute atomic E-state index is 0.190. The summed E-state index contributed by atoms with van der Waals surface area (Å²) in [7, 11) is 0. The first-order valence-corrected chi connectivity index (χ1v) is 7.78. The highest BCUT2D eigenvalue weighted by Crippen LogP contribution is 2.30. The topological polar surface area (TPSA) is 37.8 Å². The van der Waals surface area contributed by atoms with Crippen LogP contribution in [0.4, 0.5) is 4.39 Å². The Labute approximate surface area is 124 Å². The second kappa shape index (κ2) is 6.54. The highest BCUT2D eigenvalue weighted by atomic mass is 79.9. The van der Waals surface area contributed by atoms with E-state index >= 15 is 0 Å². The summed E-state index contributed by atoms with van der Waals surface area (Å²) in [6, 6.07) is 5.16. The SMILES string of the molecule is CCNC(CC)c1nnc(-c2ccc(Br)cc2F)s1. The zero-order valence-corrected chi connectivity index (χ0v) is 13.2. The number of aromatic nitrogens is 2. The van der Waals surface area contributed by atoms with Crippen LogP contribution in [0, 0.1) is 5.82 Å². The molecule has 6 heteroatoms. The molecule has 0 spiro atoms. The largest absolute Gasteiger partial charge is 0.308 e. The second-order valence-corrected chi connectivity index (χ2v) is 6.01. The number of nitrogens with one attached hydrogen (secondary N) is 1. The van der Waals surface area contributed by atoms with Crippen molar-refractivity contribution in [1.29, 1.82) is 0 Å². The van der Waals surface area contributed by atoms with Crippen LogP contribution in [-0.2, 0) is 0 Å². The molecule has 1 unspecified atom stereocenters. The smallest absolute Gasteiger partial charge is 0.150 e. The molecule has 19 heavy (non-hydrogen) atoms. The monoisotopic (exact) mass is 343 g/mol. The Bertz CT molecular complexity index is 559. The fourth-order valence-electron chi connectivity index (χ4n) is 1.80. The summed E-state index contributed by atoms with van der Waals surface area (Å²) in [5.41, 5.74) is 0.498. The van der Waals surface area contributed by atoms with E-state index in [0.717, 1.165) is 22.4 Å². The van der Waals surface area contributed by atoms with Crippen molar-refractivity contribution in [3.8, 4) is 10.6 Å². The van der Waals surface area contributed by atoms with Crippen LogP contribution < -0.4 is 5.32 Å². The van der Waals surface area contributed by atoms with E-state index < -0.39 is 0 Å². The van der Waals surface area contributed by atoms with Gasteiger partial charge in [0.1, 0.15) is 10.8 Å². The summed E-state index contributed by atoms with van der Waals surface area (Å²) in [6.45, 7) is 5.02. The maximum atomic E-state index is 13.9. The highest BCUT2D eigenvalue weighted by Gasteiger charge is 2.16. The first-order chi connectivity index (χ1) is 9.15. The van der Waals surface area contributed by atoms with Crippen LogP contribution in [-0.4, -0.2) is 16.7 Å². The average molecular weight is 344 g/mol. The molecule has 0 saturated heterocycles. The van der Waals surface area contributed by atoms with Gasteiger partial charge in [0.15, 0.2) is 5.01 Å². The number of hydrogen-bond donors (Lipinski definition) is 1. The van der Waals surface area contributed by atoms with E-state index in [4.69, 9.17) is 0 Å². The second-order valence-electron chi connectivity index (χ2n) is 4.09. The van der Waals surface area contributed by atoms with Crippen molar-refractivity contribution in [2.45, 2.75) is 26.3 Å². The maximum Gasteiger partial charge on any atom is 0.150 e. The van der Waals surface area contributed by atoms with Gasteiger partial charge in [-0.1, -0.05) is 41.1 Å². The third kappa shape index (κ3) is 3.38. The summed E-state index contributed by atoms with van der Waals surface area (Å²) in [6.07, 6.45) is 0.936. The lowest BCUT2D eigenvalue weighted by Crippen LogP contribution is -2.19. The minimum atomic E-state index is -0.284. The van der Waals surface area contributed by atoms with Crippen molar-refractivity contribution in [1.82, 2.24) is 15.5 Å². The number of halogens is 2. The van der Waals surface area contributed by atoms with Crippen molar-refractivity contribution < 1.29 is 4.39 Å². The Morgan fingerprint density at radius 1 is 1.37 bits per heavy atom. The molecule has 0 aliphatic rings. The van der Waals surface area contributed by atoms with Gasteiger partial charge in [-0.05, 0) is 31.2 Å². The fourth-order valence-corrected chi connectivity index (χ4v) is 3.16. The molecule has 1 atom stereocenters. The van der Waals surface area contributed by atoms with E-state index in [2.05, 4.69) is 45.3 Å². The molecule has 0 fully saturated rings. The van der Waals surface area contributed by atoms with Gasteiger partial charge in [0, 0.05) is 10.0 Å². The third-order valence-electron chi connectivity index (χ3n) is 2.76.